The molecule has 2 heterocycles. The Bertz CT molecular complexity index is 1450. The fraction of sp³-hybridized carbons (Fsp3) is 0.0952. The number of carbonyl (C=O) groups is 3. The number of anilines is 2. The van der Waals surface area contributed by atoms with Crippen molar-refractivity contribution in [2.45, 2.75) is 16.8 Å². The number of halogens is 4. The number of hydrogen-bond donors (Lipinski definition) is 2. The Morgan fingerprint density at radius 3 is 2.43 bits per heavy atom. The highest BCUT2D eigenvalue weighted by Gasteiger charge is 2.37. The third-order valence-corrected chi connectivity index (χ3v) is 7.62. The largest absolute Gasteiger partial charge is 0.416 e. The number of rotatable bonds is 4. The van der Waals surface area contributed by atoms with Crippen molar-refractivity contribution in [1.82, 2.24) is 4.72 Å². The van der Waals surface area contributed by atoms with Crippen molar-refractivity contribution >= 4 is 50.6 Å². The van der Waals surface area contributed by atoms with Crippen LogP contribution in [0.25, 0.3) is 0 Å². The monoisotopic (exact) mass is 527 g/mol. The Morgan fingerprint density at radius 1 is 1.06 bits per heavy atom. The van der Waals surface area contributed by atoms with E-state index in [4.69, 9.17) is 0 Å². The molecule has 0 atom stereocenters. The SMILES string of the molecule is O=C(Nc1ccc(N2C(=O)Cc3ccc(C(F)(F)F)cc3C2=O)c(F)c1)NS(=O)(=O)c1cccs1. The van der Waals surface area contributed by atoms with Crippen LogP contribution in [0, 0.1) is 5.82 Å². The number of amides is 4. The Kier molecular flexibility index (Phi) is 6.11. The summed E-state index contributed by atoms with van der Waals surface area (Å²) in [6, 6.07) is 6.72. The van der Waals surface area contributed by atoms with Crippen LogP contribution in [0.15, 0.2) is 58.1 Å². The molecular weight excluding hydrogens is 514 g/mol. The minimum atomic E-state index is -4.72. The summed E-state index contributed by atoms with van der Waals surface area (Å²) in [6.07, 6.45) is -5.15. The molecule has 2 aromatic carbocycles. The lowest BCUT2D eigenvalue weighted by molar-refractivity contribution is -0.137. The maximum absolute atomic E-state index is 14.8. The summed E-state index contributed by atoms with van der Waals surface area (Å²) in [5.74, 6) is -3.15. The lowest BCUT2D eigenvalue weighted by Crippen LogP contribution is -2.43. The zero-order valence-corrected chi connectivity index (χ0v) is 18.9. The first-order valence-electron chi connectivity index (χ1n) is 9.61. The maximum atomic E-state index is 14.8. The van der Waals surface area contributed by atoms with Crippen molar-refractivity contribution in [2.24, 2.45) is 0 Å². The lowest BCUT2D eigenvalue weighted by atomic mass is 9.95. The number of fused-ring (bicyclic) bond motifs is 1. The first-order valence-corrected chi connectivity index (χ1v) is 12.0. The van der Waals surface area contributed by atoms with Crippen LogP contribution >= 0.6 is 11.3 Å². The van der Waals surface area contributed by atoms with Crippen LogP contribution in [-0.4, -0.2) is 26.3 Å². The van der Waals surface area contributed by atoms with Gasteiger partial charge in [-0.3, -0.25) is 9.59 Å². The molecule has 0 fully saturated rings. The first-order chi connectivity index (χ1) is 16.4. The van der Waals surface area contributed by atoms with E-state index in [2.05, 4.69) is 5.32 Å². The first kappa shape index (κ1) is 24.3. The normalized spacial score (nSPS) is 14.0. The van der Waals surface area contributed by atoms with Gasteiger partial charge in [0.1, 0.15) is 10.0 Å². The van der Waals surface area contributed by atoms with E-state index in [-0.39, 0.29) is 21.0 Å². The molecule has 8 nitrogen and oxygen atoms in total. The van der Waals surface area contributed by atoms with Gasteiger partial charge in [-0.15, -0.1) is 11.3 Å². The van der Waals surface area contributed by atoms with Gasteiger partial charge in [-0.25, -0.2) is 27.2 Å². The quantitative estimate of drug-likeness (QED) is 0.391. The summed E-state index contributed by atoms with van der Waals surface area (Å²) in [4.78, 5) is 37.8. The number of imide groups is 1. The summed E-state index contributed by atoms with van der Waals surface area (Å²) in [7, 11) is -4.14. The molecule has 0 radical (unpaired) electrons. The van der Waals surface area contributed by atoms with Gasteiger partial charge in [0.05, 0.1) is 17.7 Å². The van der Waals surface area contributed by atoms with Crippen molar-refractivity contribution < 1.29 is 40.4 Å². The lowest BCUT2D eigenvalue weighted by Gasteiger charge is -2.27. The molecule has 14 heteroatoms. The van der Waals surface area contributed by atoms with Crippen molar-refractivity contribution in [3.05, 3.63) is 76.4 Å². The average Bonchev–Trinajstić information content (AvgIpc) is 3.30. The van der Waals surface area contributed by atoms with Gasteiger partial charge < -0.3 is 5.32 Å². The third kappa shape index (κ3) is 4.88. The summed E-state index contributed by atoms with van der Waals surface area (Å²) < 4.78 is 79.8. The fourth-order valence-electron chi connectivity index (χ4n) is 3.34. The second-order valence-electron chi connectivity index (χ2n) is 7.24. The summed E-state index contributed by atoms with van der Waals surface area (Å²) in [5.41, 5.74) is -2.16. The van der Waals surface area contributed by atoms with E-state index in [1.165, 1.54) is 17.5 Å². The molecule has 1 aliphatic heterocycles. The molecule has 0 saturated heterocycles. The number of sulfonamides is 1. The fourth-order valence-corrected chi connectivity index (χ4v) is 5.24. The molecule has 182 valence electrons. The highest BCUT2D eigenvalue weighted by Crippen LogP contribution is 2.34. The molecule has 0 spiro atoms. The summed E-state index contributed by atoms with van der Waals surface area (Å²) in [6.45, 7) is 0. The maximum Gasteiger partial charge on any atom is 0.416 e. The van der Waals surface area contributed by atoms with Crippen molar-refractivity contribution in [1.29, 1.82) is 0 Å². The molecule has 1 aromatic heterocycles. The molecule has 4 amide bonds. The number of thiophene rings is 1. The molecule has 0 aliphatic carbocycles. The van der Waals surface area contributed by atoms with Gasteiger partial charge in [-0.05, 0) is 47.3 Å². The highest BCUT2D eigenvalue weighted by atomic mass is 32.2. The molecule has 0 saturated carbocycles. The summed E-state index contributed by atoms with van der Waals surface area (Å²) >= 11 is 0.874. The predicted molar refractivity (Wildman–Crippen MR) is 117 cm³/mol. The second-order valence-corrected chi connectivity index (χ2v) is 10.1. The summed E-state index contributed by atoms with van der Waals surface area (Å²) in [5, 5.41) is 3.61. The number of urea groups is 1. The van der Waals surface area contributed by atoms with Gasteiger partial charge in [-0.2, -0.15) is 13.2 Å². The zero-order valence-electron chi connectivity index (χ0n) is 17.2. The Balaban J connectivity index is 1.56. The second kappa shape index (κ2) is 8.78. The van der Waals surface area contributed by atoms with Crippen molar-refractivity contribution in [3.63, 3.8) is 0 Å². The molecule has 0 bridgehead atoms. The van der Waals surface area contributed by atoms with Gasteiger partial charge in [-0.1, -0.05) is 12.1 Å². The Labute approximate surface area is 199 Å². The van der Waals surface area contributed by atoms with Crippen LogP contribution in [0.2, 0.25) is 0 Å². The number of alkyl halides is 3. The molecule has 3 aromatic rings. The molecule has 1 aliphatic rings. The smallest absolute Gasteiger partial charge is 0.307 e. The van der Waals surface area contributed by atoms with E-state index in [1.807, 2.05) is 0 Å². The Morgan fingerprint density at radius 2 is 1.80 bits per heavy atom. The molecule has 0 unspecified atom stereocenters. The van der Waals surface area contributed by atoms with Crippen LogP contribution in [0.1, 0.15) is 21.5 Å². The van der Waals surface area contributed by atoms with Crippen molar-refractivity contribution in [2.75, 3.05) is 10.2 Å². The Hall–Kier alpha value is -3.78. The topological polar surface area (TPSA) is 113 Å². The molecular formula is C21H13F4N3O5S2. The van der Waals surface area contributed by atoms with Crippen LogP contribution < -0.4 is 14.9 Å². The number of hydrogen-bond acceptors (Lipinski definition) is 6. The molecule has 35 heavy (non-hydrogen) atoms. The number of benzene rings is 2. The van der Waals surface area contributed by atoms with Crippen LogP contribution in [0.5, 0.6) is 0 Å². The number of carbonyl (C=O) groups excluding carboxylic acids is 3. The van der Waals surface area contributed by atoms with E-state index >= 15 is 0 Å². The number of nitrogens with zero attached hydrogens (tertiary/aromatic N) is 1. The standard InChI is InChI=1S/C21H13F4N3O5S2/c22-15-10-13(26-20(31)27-35(32,33)18-2-1-7-34-18)5-6-16(15)28-17(29)8-11-3-4-12(21(23,24)25)9-14(11)19(28)30/h1-7,9-10H,8H2,(H2,26,27,31). The van der Waals surface area contributed by atoms with Gasteiger partial charge >= 0.3 is 12.2 Å². The van der Waals surface area contributed by atoms with Gasteiger partial charge in [0.2, 0.25) is 5.91 Å². The van der Waals surface area contributed by atoms with E-state index in [1.54, 1.807) is 4.72 Å². The van der Waals surface area contributed by atoms with E-state index in [9.17, 15) is 40.4 Å². The van der Waals surface area contributed by atoms with Crippen molar-refractivity contribution in [3.8, 4) is 0 Å². The van der Waals surface area contributed by atoms with Crippen LogP contribution in [0.4, 0.5) is 33.7 Å². The zero-order chi connectivity index (χ0) is 25.5. The highest BCUT2D eigenvalue weighted by molar-refractivity contribution is 7.92. The van der Waals surface area contributed by atoms with Gasteiger partial charge in [0.15, 0.2) is 0 Å². The van der Waals surface area contributed by atoms with E-state index < -0.39 is 57.5 Å². The third-order valence-electron chi connectivity index (χ3n) is 4.90. The van der Waals surface area contributed by atoms with Gasteiger partial charge in [0.25, 0.3) is 15.9 Å². The minimum Gasteiger partial charge on any atom is -0.307 e. The predicted octanol–water partition coefficient (Wildman–Crippen LogP) is 4.15. The molecule has 4 rings (SSSR count). The van der Waals surface area contributed by atoms with Crippen LogP contribution in [0.3, 0.4) is 0 Å². The van der Waals surface area contributed by atoms with E-state index in [0.29, 0.717) is 11.0 Å². The minimum absolute atomic E-state index is 0.0755. The van der Waals surface area contributed by atoms with Gasteiger partial charge in [0, 0.05) is 11.3 Å². The van der Waals surface area contributed by atoms with E-state index in [0.717, 1.165) is 41.7 Å². The average molecular weight is 527 g/mol. The molecule has 2 N–H and O–H groups in total. The number of nitrogens with one attached hydrogen (secondary N) is 2. The van der Waals surface area contributed by atoms with Crippen LogP contribution in [-0.2, 0) is 27.4 Å².